The molecule has 1 atom stereocenters. The number of ether oxygens (including phenoxy) is 1. The van der Waals surface area contributed by atoms with Gasteiger partial charge >= 0.3 is 0 Å². The molecular weight excluding hydrogens is 354 g/mol. The zero-order valence-corrected chi connectivity index (χ0v) is 16.6. The third-order valence-electron chi connectivity index (χ3n) is 5.59. The molecule has 2 aromatic heterocycles. The number of carbonyl (C=O) groups is 1. The van der Waals surface area contributed by atoms with Gasteiger partial charge in [-0.2, -0.15) is 0 Å². The lowest BCUT2D eigenvalue weighted by atomic mass is 10.0. The molecule has 2 aromatic rings. The maximum absolute atomic E-state index is 13.0. The van der Waals surface area contributed by atoms with Crippen LogP contribution >= 0.6 is 0 Å². The number of carbonyl (C=O) groups excluding carboxylic acids is 1. The summed E-state index contributed by atoms with van der Waals surface area (Å²) in [6, 6.07) is 3.85. The van der Waals surface area contributed by atoms with Gasteiger partial charge in [0, 0.05) is 37.5 Å². The first-order valence-electron chi connectivity index (χ1n) is 10.1. The molecule has 7 heteroatoms. The molecule has 0 saturated carbocycles. The largest absolute Gasteiger partial charge is 0.477 e. The Balaban J connectivity index is 1.52. The van der Waals surface area contributed by atoms with Crippen LogP contribution in [0, 0.1) is 0 Å². The van der Waals surface area contributed by atoms with Crippen LogP contribution in [0.15, 0.2) is 24.5 Å². The second-order valence-corrected chi connectivity index (χ2v) is 7.46. The van der Waals surface area contributed by atoms with Crippen molar-refractivity contribution in [2.45, 2.75) is 45.2 Å². The highest BCUT2D eigenvalue weighted by molar-refractivity contribution is 5.96. The second kappa shape index (κ2) is 8.22. The molecule has 28 heavy (non-hydrogen) atoms. The first-order valence-corrected chi connectivity index (χ1v) is 10.1. The average Bonchev–Trinajstić information content (AvgIpc) is 2.73. The number of rotatable bonds is 4. The SMILES string of the molecule is CCOc1ncccc1C(=O)N1CCc2nc(C3CCCCN3C)ncc2C1. The van der Waals surface area contributed by atoms with Gasteiger partial charge in [0.15, 0.2) is 0 Å². The normalized spacial score (nSPS) is 19.9. The van der Waals surface area contributed by atoms with Crippen LogP contribution < -0.4 is 4.74 Å². The van der Waals surface area contributed by atoms with Gasteiger partial charge in [-0.05, 0) is 45.5 Å². The third kappa shape index (κ3) is 3.71. The highest BCUT2D eigenvalue weighted by Gasteiger charge is 2.28. The Morgan fingerprint density at radius 3 is 3.00 bits per heavy atom. The molecule has 0 N–H and O–H groups in total. The summed E-state index contributed by atoms with van der Waals surface area (Å²) in [4.78, 5) is 30.9. The maximum atomic E-state index is 13.0. The highest BCUT2D eigenvalue weighted by Crippen LogP contribution is 2.29. The number of amides is 1. The van der Waals surface area contributed by atoms with E-state index in [1.54, 1.807) is 18.3 Å². The molecule has 1 unspecified atom stereocenters. The first-order chi connectivity index (χ1) is 13.7. The van der Waals surface area contributed by atoms with E-state index in [0.29, 0.717) is 37.2 Å². The van der Waals surface area contributed by atoms with Crippen molar-refractivity contribution in [1.82, 2.24) is 24.8 Å². The van der Waals surface area contributed by atoms with Crippen LogP contribution in [0.3, 0.4) is 0 Å². The third-order valence-corrected chi connectivity index (χ3v) is 5.59. The first kappa shape index (κ1) is 18.8. The van der Waals surface area contributed by atoms with E-state index >= 15 is 0 Å². The van der Waals surface area contributed by atoms with Gasteiger partial charge < -0.3 is 9.64 Å². The average molecular weight is 381 g/mol. The fraction of sp³-hybridized carbons (Fsp3) is 0.524. The lowest BCUT2D eigenvalue weighted by Gasteiger charge is -2.33. The molecule has 0 bridgehead atoms. The van der Waals surface area contributed by atoms with Gasteiger partial charge in [0.25, 0.3) is 5.91 Å². The number of pyridine rings is 1. The lowest BCUT2D eigenvalue weighted by molar-refractivity contribution is 0.0727. The van der Waals surface area contributed by atoms with Gasteiger partial charge in [0.05, 0.1) is 18.3 Å². The second-order valence-electron chi connectivity index (χ2n) is 7.46. The minimum Gasteiger partial charge on any atom is -0.477 e. The van der Waals surface area contributed by atoms with Gasteiger partial charge in [-0.15, -0.1) is 0 Å². The van der Waals surface area contributed by atoms with Crippen molar-refractivity contribution in [2.24, 2.45) is 0 Å². The predicted molar refractivity (Wildman–Crippen MR) is 105 cm³/mol. The summed E-state index contributed by atoms with van der Waals surface area (Å²) in [5, 5.41) is 0. The van der Waals surface area contributed by atoms with Crippen molar-refractivity contribution >= 4 is 5.91 Å². The monoisotopic (exact) mass is 381 g/mol. The highest BCUT2D eigenvalue weighted by atomic mass is 16.5. The molecule has 1 amide bonds. The van der Waals surface area contributed by atoms with Crippen molar-refractivity contribution < 1.29 is 9.53 Å². The summed E-state index contributed by atoms with van der Waals surface area (Å²) in [7, 11) is 2.15. The number of likely N-dealkylation sites (tertiary alicyclic amines) is 1. The fourth-order valence-electron chi connectivity index (χ4n) is 4.04. The summed E-state index contributed by atoms with van der Waals surface area (Å²) < 4.78 is 5.52. The quantitative estimate of drug-likeness (QED) is 0.811. The predicted octanol–water partition coefficient (Wildman–Crippen LogP) is 2.63. The molecule has 1 fully saturated rings. The zero-order chi connectivity index (χ0) is 19.5. The lowest BCUT2D eigenvalue weighted by Crippen LogP contribution is -2.37. The van der Waals surface area contributed by atoms with Crippen LogP contribution in [0.2, 0.25) is 0 Å². The Morgan fingerprint density at radius 2 is 2.18 bits per heavy atom. The minimum absolute atomic E-state index is 0.0571. The Hall–Kier alpha value is -2.54. The number of piperidine rings is 1. The Bertz CT molecular complexity index is 856. The Kier molecular flexibility index (Phi) is 5.52. The maximum Gasteiger partial charge on any atom is 0.259 e. The van der Waals surface area contributed by atoms with E-state index in [4.69, 9.17) is 9.72 Å². The Labute approximate surface area is 165 Å². The number of fused-ring (bicyclic) bond motifs is 1. The van der Waals surface area contributed by atoms with Gasteiger partial charge in [-0.3, -0.25) is 9.69 Å². The van der Waals surface area contributed by atoms with E-state index in [1.807, 2.05) is 18.0 Å². The molecule has 1 saturated heterocycles. The van der Waals surface area contributed by atoms with Gasteiger partial charge in [-0.25, -0.2) is 15.0 Å². The number of hydrogen-bond donors (Lipinski definition) is 0. The van der Waals surface area contributed by atoms with E-state index in [2.05, 4.69) is 21.9 Å². The molecule has 0 spiro atoms. The molecule has 0 aliphatic carbocycles. The smallest absolute Gasteiger partial charge is 0.259 e. The van der Waals surface area contributed by atoms with Crippen LogP contribution in [0.4, 0.5) is 0 Å². The molecular formula is C21H27N5O2. The standard InChI is InChI=1S/C21H27N5O2/c1-3-28-20-16(7-6-10-22-20)21(27)26-12-9-17-15(14-26)13-23-19(24-17)18-8-4-5-11-25(18)2/h6-7,10,13,18H,3-5,8-9,11-12,14H2,1-2H3. The zero-order valence-electron chi connectivity index (χ0n) is 16.6. The molecule has 2 aliphatic heterocycles. The van der Waals surface area contributed by atoms with Gasteiger partial charge in [-0.1, -0.05) is 6.42 Å². The summed E-state index contributed by atoms with van der Waals surface area (Å²) in [6.07, 6.45) is 7.88. The molecule has 0 aromatic carbocycles. The van der Waals surface area contributed by atoms with Crippen LogP contribution in [-0.2, 0) is 13.0 Å². The number of hydrogen-bond acceptors (Lipinski definition) is 6. The van der Waals surface area contributed by atoms with Gasteiger partial charge in [0.1, 0.15) is 11.4 Å². The van der Waals surface area contributed by atoms with Crippen molar-refractivity contribution in [1.29, 1.82) is 0 Å². The molecule has 7 nitrogen and oxygen atoms in total. The Morgan fingerprint density at radius 1 is 1.29 bits per heavy atom. The van der Waals surface area contributed by atoms with Gasteiger partial charge in [0.2, 0.25) is 5.88 Å². The van der Waals surface area contributed by atoms with E-state index in [1.165, 1.54) is 12.8 Å². The summed E-state index contributed by atoms with van der Waals surface area (Å²) >= 11 is 0. The topological polar surface area (TPSA) is 71.5 Å². The summed E-state index contributed by atoms with van der Waals surface area (Å²) in [6.45, 7) is 4.63. The van der Waals surface area contributed by atoms with Crippen LogP contribution in [0.5, 0.6) is 5.88 Å². The number of nitrogens with zero attached hydrogens (tertiary/aromatic N) is 5. The van der Waals surface area contributed by atoms with Crippen molar-refractivity contribution in [2.75, 3.05) is 26.7 Å². The van der Waals surface area contributed by atoms with E-state index in [9.17, 15) is 4.79 Å². The fourth-order valence-corrected chi connectivity index (χ4v) is 4.04. The molecule has 2 aliphatic rings. The van der Waals surface area contributed by atoms with Crippen LogP contribution in [0.25, 0.3) is 0 Å². The summed E-state index contributed by atoms with van der Waals surface area (Å²) in [5.41, 5.74) is 2.61. The number of aromatic nitrogens is 3. The van der Waals surface area contributed by atoms with Crippen molar-refractivity contribution in [3.8, 4) is 5.88 Å². The molecule has 148 valence electrons. The van der Waals surface area contributed by atoms with E-state index in [-0.39, 0.29) is 5.91 Å². The van der Waals surface area contributed by atoms with E-state index in [0.717, 1.165) is 36.5 Å². The molecule has 4 heterocycles. The van der Waals surface area contributed by atoms with Crippen LogP contribution in [0.1, 0.15) is 59.7 Å². The van der Waals surface area contributed by atoms with E-state index < -0.39 is 0 Å². The van der Waals surface area contributed by atoms with Crippen molar-refractivity contribution in [3.05, 3.63) is 47.2 Å². The summed E-state index contributed by atoms with van der Waals surface area (Å²) in [5.74, 6) is 1.26. The minimum atomic E-state index is -0.0571. The van der Waals surface area contributed by atoms with Crippen molar-refractivity contribution in [3.63, 3.8) is 0 Å². The molecule has 4 rings (SSSR count). The van der Waals surface area contributed by atoms with Crippen LogP contribution in [-0.4, -0.2) is 57.4 Å². The molecule has 0 radical (unpaired) electrons.